The molecule has 4 aromatic rings. The van der Waals surface area contributed by atoms with E-state index in [0.29, 0.717) is 39.9 Å². The maximum absolute atomic E-state index is 12.8. The van der Waals surface area contributed by atoms with Crippen molar-refractivity contribution in [1.82, 2.24) is 5.32 Å². The fourth-order valence-electron chi connectivity index (χ4n) is 12.9. The Bertz CT molecular complexity index is 3720. The molecule has 4 aromatic carbocycles. The largest absolute Gasteiger partial charge is 1.00 e. The molecule has 0 amide bonds. The summed E-state index contributed by atoms with van der Waals surface area (Å²) in [5, 5.41) is 230. The van der Waals surface area contributed by atoms with E-state index in [4.69, 9.17) is 64.3 Å². The molecule has 0 aromatic heterocycles. The van der Waals surface area contributed by atoms with E-state index in [1.807, 2.05) is 43.3 Å². The normalized spacial score (nSPS) is 37.5. The number of anilines is 3. The SMILES string of the molecule is CN(C)c1ccc(N=Nc2ccc(NC(=S)N[C@@H]3[C@H](O)[C@@H](O)[C@@H](O[C@@H]4[C@H](O)[C@@H](O)[C@@H](O[C@@H]5[C@H](O)[C@@H](O)[C@@H](O[C@H]6[C@@H](O)[C@H](O)[C@H](O[C@@H]7[C@@H](O)[C@H](O)[C@@H](O[C@@H]8[C@@H](O)[C@H](O)[C@@H](SCC([O-])=NCCNc9cccc%10c(S(=O)(=O)O)cccc9%10)O[C@@H]8CO)O[C@@H]7CO)O[C@@H]6CO)O[C@H]5CO)O[C@H]4CO)O[C@H]3CO)cc2)cc1.[Na+]. The van der Waals surface area contributed by atoms with Crippen molar-refractivity contribution in [3.05, 3.63) is 84.9 Å². The van der Waals surface area contributed by atoms with Gasteiger partial charge in [0.05, 0.1) is 63.6 Å². The van der Waals surface area contributed by atoms with Crippen LogP contribution in [0.4, 0.5) is 28.4 Å². The number of ether oxygens (including phenoxy) is 11. The van der Waals surface area contributed by atoms with Gasteiger partial charge in [-0.05, 0) is 78.8 Å². The molecule has 6 aliphatic rings. The fraction of sp³-hybridized carbons (Fsp3) is 0.631. The summed E-state index contributed by atoms with van der Waals surface area (Å²) < 4.78 is 96.9. The molecule has 0 saturated carbocycles. The summed E-state index contributed by atoms with van der Waals surface area (Å²) in [5.41, 5.74) is 1.74. The Kier molecular flexibility index (Phi) is 32.3. The van der Waals surface area contributed by atoms with E-state index in [9.17, 15) is 110 Å². The Morgan fingerprint density at radius 3 is 1.29 bits per heavy atom. The van der Waals surface area contributed by atoms with Crippen LogP contribution in [0.3, 0.4) is 0 Å². The summed E-state index contributed by atoms with van der Waals surface area (Å²) in [6.07, 6.45) is -53.9. The first-order chi connectivity index (χ1) is 51.5. The number of hydrogen-bond acceptors (Lipinski definition) is 39. The second kappa shape index (κ2) is 39.8. The van der Waals surface area contributed by atoms with Gasteiger partial charge in [0, 0.05) is 54.2 Å². The Labute approximate surface area is 653 Å². The molecule has 0 aliphatic carbocycles. The molecular weight excluding hydrogens is 1530 g/mol. The molecule has 602 valence electrons. The second-order valence-electron chi connectivity index (χ2n) is 26.2. The topological polar surface area (TPSA) is 620 Å². The molecule has 10 rings (SSSR count). The van der Waals surface area contributed by atoms with Gasteiger partial charge in [-0.25, -0.2) is 0 Å². The Morgan fingerprint density at radius 2 is 0.881 bits per heavy atom. The number of nitrogens with one attached hydrogen (secondary N) is 3. The zero-order valence-electron chi connectivity index (χ0n) is 58.5. The smallest absolute Gasteiger partial charge is 0.861 e. The Morgan fingerprint density at radius 1 is 0.505 bits per heavy atom. The molecule has 0 spiro atoms. The van der Waals surface area contributed by atoms with Gasteiger partial charge in [-0.1, -0.05) is 24.3 Å². The average molecular weight is 1620 g/mol. The molecule has 44 heteroatoms. The van der Waals surface area contributed by atoms with Crippen LogP contribution in [0.5, 0.6) is 0 Å². The summed E-state index contributed by atoms with van der Waals surface area (Å²) in [4.78, 5) is 5.62. The third-order valence-electron chi connectivity index (χ3n) is 18.8. The van der Waals surface area contributed by atoms with Gasteiger partial charge in [0.25, 0.3) is 10.1 Å². The summed E-state index contributed by atoms with van der Waals surface area (Å²) in [5.74, 6) is -1.06. The van der Waals surface area contributed by atoms with Crippen LogP contribution >= 0.6 is 24.0 Å². The summed E-state index contributed by atoms with van der Waals surface area (Å²) in [6.45, 7) is -5.79. The number of azo groups is 1. The number of rotatable bonds is 29. The number of aliphatic hydroxyl groups excluding tert-OH is 18. The van der Waals surface area contributed by atoms with Gasteiger partial charge in [-0.15, -0.1) is 11.8 Å². The molecule has 0 radical (unpaired) electrons. The van der Waals surface area contributed by atoms with Crippen molar-refractivity contribution in [2.24, 2.45) is 15.2 Å². The quantitative estimate of drug-likeness (QED) is 0.00456. The maximum atomic E-state index is 12.8. The Balaban J connectivity index is 0.0000137. The fourth-order valence-corrected chi connectivity index (χ4v) is 14.9. The molecule has 6 saturated heterocycles. The number of thiocarbonyl (C=S) groups is 1. The second-order valence-corrected chi connectivity index (χ2v) is 29.1. The molecule has 0 unspecified atom stereocenters. The molecule has 6 fully saturated rings. The number of hydrogen-bond donors (Lipinski definition) is 22. The number of fused-ring (bicyclic) bond motifs is 1. The molecule has 30 atom stereocenters. The van der Waals surface area contributed by atoms with Crippen LogP contribution in [-0.2, 0) is 62.2 Å². The summed E-state index contributed by atoms with van der Waals surface area (Å²) >= 11 is 6.17. The molecular formula is C65H90N7NaO33S3. The van der Waals surface area contributed by atoms with Crippen LogP contribution < -0.4 is 55.5 Å². The van der Waals surface area contributed by atoms with Crippen LogP contribution in [0.25, 0.3) is 10.8 Å². The van der Waals surface area contributed by atoms with Crippen LogP contribution in [0.15, 0.2) is 105 Å². The van der Waals surface area contributed by atoms with Gasteiger partial charge in [0.15, 0.2) is 36.6 Å². The van der Waals surface area contributed by atoms with Gasteiger partial charge in [0.2, 0.25) is 0 Å². The number of aliphatic hydroxyl groups is 18. The van der Waals surface area contributed by atoms with Crippen molar-refractivity contribution in [2.75, 3.05) is 88.1 Å². The van der Waals surface area contributed by atoms with Gasteiger partial charge >= 0.3 is 29.6 Å². The minimum Gasteiger partial charge on any atom is -0.861 e. The first-order valence-corrected chi connectivity index (χ1v) is 36.9. The van der Waals surface area contributed by atoms with Crippen molar-refractivity contribution in [1.29, 1.82) is 0 Å². The van der Waals surface area contributed by atoms with Gasteiger partial charge in [-0.3, -0.25) is 4.55 Å². The molecule has 0 bridgehead atoms. The van der Waals surface area contributed by atoms with Crippen molar-refractivity contribution >= 4 is 84.3 Å². The first-order valence-electron chi connectivity index (χ1n) is 34.0. The van der Waals surface area contributed by atoms with Crippen molar-refractivity contribution in [3.8, 4) is 0 Å². The maximum Gasteiger partial charge on any atom is 1.00 e. The van der Waals surface area contributed by atoms with E-state index >= 15 is 0 Å². The molecule has 6 aliphatic heterocycles. The zero-order chi connectivity index (χ0) is 78.2. The number of benzene rings is 4. The predicted octanol–water partition coefficient (Wildman–Crippen LogP) is -10.6. The minimum atomic E-state index is -4.53. The monoisotopic (exact) mass is 1620 g/mol. The van der Waals surface area contributed by atoms with E-state index in [2.05, 4.69) is 31.2 Å². The Hall–Kier alpha value is -4.40. The van der Waals surface area contributed by atoms with Crippen LogP contribution in [0, 0.1) is 0 Å². The predicted molar refractivity (Wildman–Crippen MR) is 372 cm³/mol. The summed E-state index contributed by atoms with van der Waals surface area (Å²) in [6, 6.07) is 21.8. The number of nitrogens with zero attached hydrogens (tertiary/aromatic N) is 4. The van der Waals surface area contributed by atoms with Gasteiger partial charge in [-0.2, -0.15) is 18.6 Å². The van der Waals surface area contributed by atoms with E-state index in [0.717, 1.165) is 5.69 Å². The number of thioether (sulfide) groups is 1. The summed E-state index contributed by atoms with van der Waals surface area (Å²) in [7, 11) is -0.693. The van der Waals surface area contributed by atoms with E-state index in [-0.39, 0.29) is 58.0 Å². The van der Waals surface area contributed by atoms with Gasteiger partial charge in [0.1, 0.15) is 151 Å². The van der Waals surface area contributed by atoms with Crippen LogP contribution in [0.2, 0.25) is 0 Å². The van der Waals surface area contributed by atoms with E-state index in [1.165, 1.54) is 18.2 Å². The minimum absolute atomic E-state index is 0. The first kappa shape index (κ1) is 88.5. The van der Waals surface area contributed by atoms with Crippen molar-refractivity contribution in [3.63, 3.8) is 0 Å². The van der Waals surface area contributed by atoms with Crippen molar-refractivity contribution in [2.45, 2.75) is 188 Å². The third-order valence-corrected chi connectivity index (χ3v) is 21.0. The standard InChI is InChI=1S/C65H91N7O33S3.Na/c1-72(2)29-15-13-28(14-16-29)71-70-27-11-9-26(10-12-27)68-65(106)69-41-33(19-73)95-59(48(86)42(41)80)101-54-34(20-74)96-60(49(87)43(54)81)102-55-35(21-75)97-61(50(88)44(55)82)103-56-36(22-76)98-62(51(89)45(56)83)104-57-37(23-77)99-63(52(90)46(57)84)105-58-38(24-78)100-64(53(91)47(58)85)107-25-40(79)67-18-17-66-32-7-3-6-31-30(32)5-4-8-39(31)108(92,93)94;/h3-16,33-38,41-64,66,73-78,80-91H,17-25H2,1-2H3,(H,67,79)(H2,68,69,106)(H,92,93,94);/q;+1/p-1/t33-,34-,35-,36+,37+,38+,41-,42-,43+,44+,45-,46-,47-,48+,49+,50+,51-,52-,53-,54-,55-,56+,57-,58-,59+,60+,61+,62-,63+,64+;/m0./s1. The zero-order valence-corrected chi connectivity index (χ0v) is 62.9. The van der Waals surface area contributed by atoms with Gasteiger partial charge < -0.3 is 175 Å². The molecule has 109 heavy (non-hydrogen) atoms. The van der Waals surface area contributed by atoms with Crippen molar-refractivity contribution < 1.29 is 192 Å². The van der Waals surface area contributed by atoms with E-state index in [1.54, 1.807) is 42.5 Å². The number of aliphatic imine (C=N–C) groups is 1. The molecule has 40 nitrogen and oxygen atoms in total. The molecule has 6 heterocycles. The van der Waals surface area contributed by atoms with Crippen LogP contribution in [0.1, 0.15) is 0 Å². The third kappa shape index (κ3) is 20.8. The average Bonchev–Trinajstić information content (AvgIpc) is 0.796. The molecule has 22 N–H and O–H groups in total. The van der Waals surface area contributed by atoms with E-state index < -0.39 is 245 Å². The van der Waals surface area contributed by atoms with Crippen LogP contribution in [-0.4, -0.2) is 372 Å².